The topological polar surface area (TPSA) is 90.3 Å². The minimum atomic E-state index is -0.632. The zero-order valence-electron chi connectivity index (χ0n) is 15.3. The Balaban J connectivity index is 2.01. The first-order valence-electron chi connectivity index (χ1n) is 8.46. The van der Waals surface area contributed by atoms with Crippen molar-refractivity contribution in [1.29, 1.82) is 0 Å². The Hall–Kier alpha value is -3.48. The molecule has 3 aromatic rings. The molecule has 7 heteroatoms. The van der Waals surface area contributed by atoms with E-state index in [0.717, 1.165) is 5.56 Å². The third-order valence-corrected chi connectivity index (χ3v) is 4.28. The van der Waals surface area contributed by atoms with Crippen LogP contribution in [0.4, 0.5) is 5.69 Å². The molecule has 0 atom stereocenters. The van der Waals surface area contributed by atoms with Gasteiger partial charge in [-0.3, -0.25) is 14.3 Å². The number of nitrogens with one attached hydrogen (secondary N) is 1. The van der Waals surface area contributed by atoms with Crippen molar-refractivity contribution < 1.29 is 14.3 Å². The number of esters is 1. The highest BCUT2D eigenvalue weighted by atomic mass is 16.5. The smallest absolute Gasteiger partial charge is 0.338 e. The first-order chi connectivity index (χ1) is 13.0. The van der Waals surface area contributed by atoms with Gasteiger partial charge in [0, 0.05) is 17.6 Å². The highest BCUT2D eigenvalue weighted by molar-refractivity contribution is 6.05. The van der Waals surface area contributed by atoms with Gasteiger partial charge in [-0.1, -0.05) is 18.2 Å². The van der Waals surface area contributed by atoms with E-state index < -0.39 is 17.3 Å². The summed E-state index contributed by atoms with van der Waals surface area (Å²) >= 11 is 0. The first-order valence-corrected chi connectivity index (χ1v) is 8.46. The molecule has 1 heterocycles. The van der Waals surface area contributed by atoms with Crippen LogP contribution in [0, 0.1) is 6.92 Å². The maximum Gasteiger partial charge on any atom is 0.338 e. The number of ether oxygens (including phenoxy) is 1. The van der Waals surface area contributed by atoms with E-state index in [0.29, 0.717) is 28.7 Å². The maximum atomic E-state index is 12.7. The Kier molecular flexibility index (Phi) is 5.03. The van der Waals surface area contributed by atoms with E-state index in [9.17, 15) is 14.4 Å². The van der Waals surface area contributed by atoms with Gasteiger partial charge in [-0.15, -0.1) is 0 Å². The zero-order chi connectivity index (χ0) is 19.6. The number of aromatic nitrogens is 2. The summed E-state index contributed by atoms with van der Waals surface area (Å²) in [4.78, 5) is 37.2. The highest BCUT2D eigenvalue weighted by Gasteiger charge is 2.18. The standard InChI is InChI=1S/C20H19N3O4/c1-4-23-16-8-6-5-7-14(16)18(24)17(22-23)19(25)21-13-10-9-12(2)15(11-13)20(26)27-3/h5-11H,4H2,1-3H3,(H,21,25). The summed E-state index contributed by atoms with van der Waals surface area (Å²) in [6.45, 7) is 4.16. The number of benzene rings is 2. The van der Waals surface area contributed by atoms with E-state index in [4.69, 9.17) is 4.74 Å². The highest BCUT2D eigenvalue weighted by Crippen LogP contribution is 2.17. The molecule has 27 heavy (non-hydrogen) atoms. The number of carbonyl (C=O) groups is 2. The summed E-state index contributed by atoms with van der Waals surface area (Å²) < 4.78 is 6.35. The molecular weight excluding hydrogens is 346 g/mol. The maximum absolute atomic E-state index is 12.7. The number of hydrogen-bond donors (Lipinski definition) is 1. The lowest BCUT2D eigenvalue weighted by Crippen LogP contribution is -2.27. The number of fused-ring (bicyclic) bond motifs is 1. The van der Waals surface area contributed by atoms with Crippen LogP contribution >= 0.6 is 0 Å². The molecule has 0 radical (unpaired) electrons. The summed E-state index contributed by atoms with van der Waals surface area (Å²) in [5.41, 5.74) is 1.47. The number of amides is 1. The second kappa shape index (κ2) is 7.41. The van der Waals surface area contributed by atoms with Gasteiger partial charge in [0.15, 0.2) is 5.69 Å². The third kappa shape index (κ3) is 3.44. The van der Waals surface area contributed by atoms with Gasteiger partial charge in [0.25, 0.3) is 5.91 Å². The molecule has 7 nitrogen and oxygen atoms in total. The average Bonchev–Trinajstić information content (AvgIpc) is 2.69. The van der Waals surface area contributed by atoms with Gasteiger partial charge >= 0.3 is 5.97 Å². The zero-order valence-corrected chi connectivity index (χ0v) is 15.3. The van der Waals surface area contributed by atoms with Crippen molar-refractivity contribution in [2.75, 3.05) is 12.4 Å². The van der Waals surface area contributed by atoms with Crippen molar-refractivity contribution in [3.63, 3.8) is 0 Å². The molecule has 1 aromatic heterocycles. The van der Waals surface area contributed by atoms with E-state index >= 15 is 0 Å². The lowest BCUT2D eigenvalue weighted by atomic mass is 10.1. The molecule has 0 spiro atoms. The van der Waals surface area contributed by atoms with Crippen LogP contribution in [0.2, 0.25) is 0 Å². The number of anilines is 1. The van der Waals surface area contributed by atoms with Gasteiger partial charge < -0.3 is 10.1 Å². The summed E-state index contributed by atoms with van der Waals surface area (Å²) in [5, 5.41) is 7.28. The van der Waals surface area contributed by atoms with E-state index in [1.54, 1.807) is 41.9 Å². The van der Waals surface area contributed by atoms with Crippen molar-refractivity contribution >= 4 is 28.5 Å². The summed E-state index contributed by atoms with van der Waals surface area (Å²) in [6.07, 6.45) is 0. The van der Waals surface area contributed by atoms with Gasteiger partial charge in [-0.25, -0.2) is 4.79 Å². The molecule has 1 N–H and O–H groups in total. The molecule has 0 aliphatic rings. The molecule has 0 aliphatic heterocycles. The Morgan fingerprint density at radius 1 is 1.19 bits per heavy atom. The van der Waals surface area contributed by atoms with E-state index in [2.05, 4.69) is 10.4 Å². The Labute approximate surface area is 155 Å². The molecule has 0 saturated carbocycles. The molecule has 0 saturated heterocycles. The molecule has 1 amide bonds. The van der Waals surface area contributed by atoms with E-state index in [-0.39, 0.29) is 5.69 Å². The predicted octanol–water partition coefficient (Wildman–Crippen LogP) is 2.76. The van der Waals surface area contributed by atoms with Crippen LogP contribution in [-0.4, -0.2) is 28.8 Å². The number of para-hydroxylation sites is 1. The third-order valence-electron chi connectivity index (χ3n) is 4.28. The molecular formula is C20H19N3O4. The predicted molar refractivity (Wildman–Crippen MR) is 102 cm³/mol. The second-order valence-corrected chi connectivity index (χ2v) is 5.99. The van der Waals surface area contributed by atoms with Crippen LogP contribution in [-0.2, 0) is 11.3 Å². The van der Waals surface area contributed by atoms with Crippen LogP contribution in [0.15, 0.2) is 47.3 Å². The molecule has 0 aliphatic carbocycles. The normalized spacial score (nSPS) is 10.6. The van der Waals surface area contributed by atoms with Gasteiger partial charge in [0.2, 0.25) is 5.43 Å². The summed E-state index contributed by atoms with van der Waals surface area (Å²) in [5.74, 6) is -1.13. The van der Waals surface area contributed by atoms with Gasteiger partial charge in [-0.05, 0) is 43.7 Å². The number of hydrogen-bond acceptors (Lipinski definition) is 5. The van der Waals surface area contributed by atoms with Crippen molar-refractivity contribution in [1.82, 2.24) is 9.78 Å². The van der Waals surface area contributed by atoms with E-state index in [1.807, 2.05) is 13.0 Å². The van der Waals surface area contributed by atoms with Gasteiger partial charge in [-0.2, -0.15) is 5.10 Å². The van der Waals surface area contributed by atoms with Gasteiger partial charge in [0.05, 0.1) is 18.2 Å². The van der Waals surface area contributed by atoms with Crippen molar-refractivity contribution in [3.05, 3.63) is 69.5 Å². The summed E-state index contributed by atoms with van der Waals surface area (Å²) in [6, 6.07) is 11.9. The fourth-order valence-electron chi connectivity index (χ4n) is 2.85. The van der Waals surface area contributed by atoms with Crippen LogP contribution < -0.4 is 10.7 Å². The second-order valence-electron chi connectivity index (χ2n) is 5.99. The van der Waals surface area contributed by atoms with Crippen LogP contribution in [0.3, 0.4) is 0 Å². The number of nitrogens with zero attached hydrogens (tertiary/aromatic N) is 2. The molecule has 138 valence electrons. The lowest BCUT2D eigenvalue weighted by Gasteiger charge is -2.11. The number of aryl methyl sites for hydroxylation is 2. The molecule has 0 fully saturated rings. The Bertz CT molecular complexity index is 1100. The fraction of sp³-hybridized carbons (Fsp3) is 0.200. The minimum absolute atomic E-state index is 0.198. The average molecular weight is 365 g/mol. The number of carbonyl (C=O) groups excluding carboxylic acids is 2. The van der Waals surface area contributed by atoms with Crippen LogP contribution in [0.1, 0.15) is 33.3 Å². The number of rotatable bonds is 4. The van der Waals surface area contributed by atoms with Gasteiger partial charge in [0.1, 0.15) is 0 Å². The minimum Gasteiger partial charge on any atom is -0.465 e. The first kappa shape index (κ1) is 18.3. The molecule has 2 aromatic carbocycles. The molecule has 0 unspecified atom stereocenters. The SMILES string of the molecule is CCn1nc(C(=O)Nc2ccc(C)c(C(=O)OC)c2)c(=O)c2ccccc21. The lowest BCUT2D eigenvalue weighted by molar-refractivity contribution is 0.0599. The molecule has 3 rings (SSSR count). The fourth-order valence-corrected chi connectivity index (χ4v) is 2.85. The number of methoxy groups -OCH3 is 1. The Morgan fingerprint density at radius 2 is 1.93 bits per heavy atom. The largest absolute Gasteiger partial charge is 0.465 e. The Morgan fingerprint density at radius 3 is 2.63 bits per heavy atom. The summed E-state index contributed by atoms with van der Waals surface area (Å²) in [7, 11) is 1.29. The van der Waals surface area contributed by atoms with Crippen LogP contribution in [0.5, 0.6) is 0 Å². The van der Waals surface area contributed by atoms with Crippen molar-refractivity contribution in [2.24, 2.45) is 0 Å². The van der Waals surface area contributed by atoms with Crippen molar-refractivity contribution in [3.8, 4) is 0 Å². The van der Waals surface area contributed by atoms with Crippen LogP contribution in [0.25, 0.3) is 10.9 Å². The quantitative estimate of drug-likeness (QED) is 0.718. The molecule has 0 bridgehead atoms. The van der Waals surface area contributed by atoms with E-state index in [1.165, 1.54) is 13.2 Å². The van der Waals surface area contributed by atoms with Crippen molar-refractivity contribution in [2.45, 2.75) is 20.4 Å². The monoisotopic (exact) mass is 365 g/mol.